The van der Waals surface area contributed by atoms with Crippen molar-refractivity contribution in [2.45, 2.75) is 116 Å². The fourth-order valence-corrected chi connectivity index (χ4v) is 10.8. The number of carbonyl (C=O) groups is 1. The molecule has 0 radical (unpaired) electrons. The molecule has 0 aromatic heterocycles. The van der Waals surface area contributed by atoms with E-state index in [1.54, 1.807) is 0 Å². The highest BCUT2D eigenvalue weighted by atomic mass is 16.7. The van der Waals surface area contributed by atoms with Crippen LogP contribution in [0, 0.1) is 52.3 Å². The first-order chi connectivity index (χ1) is 16.4. The number of hydrogen-bond donors (Lipinski definition) is 2. The lowest BCUT2D eigenvalue weighted by molar-refractivity contribution is -0.378. The van der Waals surface area contributed by atoms with Gasteiger partial charge >= 0.3 is 5.97 Å². The third-order valence-corrected chi connectivity index (χ3v) is 12.3. The van der Waals surface area contributed by atoms with Crippen LogP contribution < -0.4 is 0 Å². The quantitative estimate of drug-likeness (QED) is 0.548. The van der Waals surface area contributed by atoms with Gasteiger partial charge in [0.25, 0.3) is 0 Å². The zero-order chi connectivity index (χ0) is 25.0. The van der Waals surface area contributed by atoms with E-state index >= 15 is 0 Å². The summed E-state index contributed by atoms with van der Waals surface area (Å²) in [4.78, 5) is 11.6. The summed E-state index contributed by atoms with van der Waals surface area (Å²) in [6, 6.07) is 0. The summed E-state index contributed by atoms with van der Waals surface area (Å²) in [5, 5.41) is 23.1. The molecule has 6 fully saturated rings. The third-order valence-electron chi connectivity index (χ3n) is 12.3. The molecule has 6 heteroatoms. The van der Waals surface area contributed by atoms with Gasteiger partial charge in [-0.15, -0.1) is 0 Å². The Hall–Kier alpha value is -0.690. The molecule has 198 valence electrons. The van der Waals surface area contributed by atoms with Crippen LogP contribution in [0.4, 0.5) is 0 Å². The average molecular weight is 491 g/mol. The zero-order valence-electron chi connectivity index (χ0n) is 22.3. The van der Waals surface area contributed by atoms with Crippen molar-refractivity contribution in [1.29, 1.82) is 0 Å². The zero-order valence-corrected chi connectivity index (χ0v) is 22.3. The van der Waals surface area contributed by atoms with Crippen LogP contribution in [-0.2, 0) is 19.0 Å². The molecule has 0 aromatic rings. The minimum absolute atomic E-state index is 0.0162. The molecule has 0 aromatic carbocycles. The maximum absolute atomic E-state index is 11.7. The van der Waals surface area contributed by atoms with Gasteiger partial charge in [-0.05, 0) is 97.7 Å². The summed E-state index contributed by atoms with van der Waals surface area (Å²) in [5.74, 6) is -0.432. The Morgan fingerprint density at radius 2 is 1.71 bits per heavy atom. The minimum atomic E-state index is -1.63. The summed E-state index contributed by atoms with van der Waals surface area (Å²) >= 11 is 0. The van der Waals surface area contributed by atoms with E-state index in [1.165, 1.54) is 26.2 Å². The Kier molecular flexibility index (Phi) is 5.57. The number of rotatable bonds is 2. The van der Waals surface area contributed by atoms with Crippen LogP contribution in [0.2, 0.25) is 0 Å². The van der Waals surface area contributed by atoms with Crippen LogP contribution in [0.1, 0.15) is 92.4 Å². The number of hydrogen-bond acceptors (Lipinski definition) is 6. The van der Waals surface area contributed by atoms with E-state index in [4.69, 9.17) is 14.2 Å². The van der Waals surface area contributed by atoms with Gasteiger partial charge in [-0.25, -0.2) is 0 Å². The van der Waals surface area contributed by atoms with E-state index in [2.05, 4.69) is 27.7 Å². The van der Waals surface area contributed by atoms with Gasteiger partial charge in [0, 0.05) is 19.3 Å². The molecule has 35 heavy (non-hydrogen) atoms. The number of ether oxygens (including phenoxy) is 3. The van der Waals surface area contributed by atoms with Gasteiger partial charge in [0.15, 0.2) is 0 Å². The van der Waals surface area contributed by atoms with E-state index in [-0.39, 0.29) is 41.3 Å². The normalized spacial score (nSPS) is 59.3. The number of esters is 1. The molecule has 13 atom stereocenters. The fourth-order valence-electron chi connectivity index (χ4n) is 10.8. The lowest BCUT2D eigenvalue weighted by Crippen LogP contribution is -2.59. The Balaban J connectivity index is 1.22. The molecule has 6 nitrogen and oxygen atoms in total. The van der Waals surface area contributed by atoms with Crippen molar-refractivity contribution in [2.75, 3.05) is 6.61 Å². The lowest BCUT2D eigenvalue weighted by atomic mass is 9.44. The first-order valence-corrected chi connectivity index (χ1v) is 14.3. The fraction of sp³-hybridized carbons (Fsp3) is 0.966. The van der Waals surface area contributed by atoms with Crippen molar-refractivity contribution in [3.05, 3.63) is 0 Å². The van der Waals surface area contributed by atoms with Crippen LogP contribution in [0.5, 0.6) is 0 Å². The minimum Gasteiger partial charge on any atom is -0.463 e. The molecule has 2 heterocycles. The first kappa shape index (κ1) is 24.6. The molecular formula is C29H46O6. The van der Waals surface area contributed by atoms with Crippen molar-refractivity contribution in [2.24, 2.45) is 52.3 Å². The molecule has 0 bridgehead atoms. The van der Waals surface area contributed by atoms with Gasteiger partial charge in [-0.2, -0.15) is 0 Å². The van der Waals surface area contributed by atoms with Crippen molar-refractivity contribution in [1.82, 2.24) is 0 Å². The Morgan fingerprint density at radius 3 is 2.40 bits per heavy atom. The van der Waals surface area contributed by atoms with E-state index in [9.17, 15) is 15.0 Å². The SMILES string of the molecule is CC(=O)O[C@H]1CC[C@@]2(C)[C@H](CC[C@@H]3[C@@H]2CC[C@]2(C)[C@@H]4[C@H](C[C@@H]32)O[C@](O)([C@]2(O)C[C@H](C)CO2)[C@H]4C)C1. The molecule has 2 N–H and O–H groups in total. The second kappa shape index (κ2) is 7.91. The molecule has 4 aliphatic carbocycles. The molecule has 4 saturated carbocycles. The van der Waals surface area contributed by atoms with E-state index in [1.807, 2.05) is 0 Å². The van der Waals surface area contributed by atoms with E-state index in [0.29, 0.717) is 42.1 Å². The van der Waals surface area contributed by atoms with Gasteiger partial charge in [0.1, 0.15) is 6.10 Å². The van der Waals surface area contributed by atoms with Crippen LogP contribution in [0.15, 0.2) is 0 Å². The maximum Gasteiger partial charge on any atom is 0.302 e. The largest absolute Gasteiger partial charge is 0.463 e. The third kappa shape index (κ3) is 3.31. The van der Waals surface area contributed by atoms with Crippen LogP contribution >= 0.6 is 0 Å². The molecule has 0 unspecified atom stereocenters. The van der Waals surface area contributed by atoms with Gasteiger partial charge in [-0.3, -0.25) is 4.79 Å². The molecule has 6 aliphatic rings. The summed E-state index contributed by atoms with van der Waals surface area (Å²) in [6.07, 6.45) is 9.53. The van der Waals surface area contributed by atoms with Crippen LogP contribution in [0.3, 0.4) is 0 Å². The first-order valence-electron chi connectivity index (χ1n) is 14.3. The number of carbonyl (C=O) groups excluding carboxylic acids is 1. The predicted octanol–water partition coefficient (Wildman–Crippen LogP) is 4.66. The molecular weight excluding hydrogens is 444 g/mol. The lowest BCUT2D eigenvalue weighted by Gasteiger charge is -2.61. The number of aliphatic hydroxyl groups is 2. The molecule has 0 amide bonds. The van der Waals surface area contributed by atoms with E-state index < -0.39 is 11.6 Å². The Bertz CT molecular complexity index is 877. The average Bonchev–Trinajstić information content (AvgIpc) is 3.38. The van der Waals surface area contributed by atoms with Gasteiger partial charge in [0.05, 0.1) is 12.7 Å². The number of fused-ring (bicyclic) bond motifs is 7. The predicted molar refractivity (Wildman–Crippen MR) is 130 cm³/mol. The second-order valence-electron chi connectivity index (χ2n) is 14.0. The maximum atomic E-state index is 11.7. The second-order valence-corrected chi connectivity index (χ2v) is 14.0. The highest BCUT2D eigenvalue weighted by Gasteiger charge is 2.73. The molecule has 6 rings (SSSR count). The summed E-state index contributed by atoms with van der Waals surface area (Å²) in [6.45, 7) is 11.1. The molecule has 2 saturated heterocycles. The standard InChI is InChI=1S/C29H46O6/c1-16-14-28(31,33-15-16)29(32)17(2)25-24(35-29)13-23-21-7-6-19-12-20(34-18(3)30)8-10-26(19,4)22(21)9-11-27(23,25)5/h16-17,19-25,31-32H,6-15H2,1-5H3/t16-,17-,19+,20-,21+,22-,23-,24-,25-,26-,27-,28-,29-/m0/s1. The van der Waals surface area contributed by atoms with Gasteiger partial charge in [-0.1, -0.05) is 27.7 Å². The highest BCUT2D eigenvalue weighted by molar-refractivity contribution is 5.66. The summed E-state index contributed by atoms with van der Waals surface area (Å²) < 4.78 is 17.9. The molecule has 2 aliphatic heterocycles. The smallest absolute Gasteiger partial charge is 0.302 e. The van der Waals surface area contributed by atoms with Crippen LogP contribution in [-0.4, -0.2) is 46.6 Å². The van der Waals surface area contributed by atoms with Crippen molar-refractivity contribution in [3.63, 3.8) is 0 Å². The van der Waals surface area contributed by atoms with Crippen LogP contribution in [0.25, 0.3) is 0 Å². The highest BCUT2D eigenvalue weighted by Crippen LogP contribution is 2.71. The van der Waals surface area contributed by atoms with Gasteiger partial charge in [0.2, 0.25) is 11.6 Å². The van der Waals surface area contributed by atoms with E-state index in [0.717, 1.165) is 32.1 Å². The monoisotopic (exact) mass is 490 g/mol. The Morgan fingerprint density at radius 1 is 0.971 bits per heavy atom. The molecule has 0 spiro atoms. The summed E-state index contributed by atoms with van der Waals surface area (Å²) in [7, 11) is 0. The Labute approximate surface area is 210 Å². The topological polar surface area (TPSA) is 85.2 Å². The van der Waals surface area contributed by atoms with Crippen molar-refractivity contribution < 1.29 is 29.2 Å². The van der Waals surface area contributed by atoms with Crippen molar-refractivity contribution >= 4 is 5.97 Å². The van der Waals surface area contributed by atoms with Crippen molar-refractivity contribution in [3.8, 4) is 0 Å². The van der Waals surface area contributed by atoms with Gasteiger partial charge < -0.3 is 24.4 Å². The summed E-state index contributed by atoms with van der Waals surface area (Å²) in [5.41, 5.74) is 0.448.